The van der Waals surface area contributed by atoms with Crippen molar-refractivity contribution < 1.29 is 4.42 Å². The molecule has 0 spiro atoms. The highest BCUT2D eigenvalue weighted by atomic mass is 16.3. The maximum absolute atomic E-state index is 5.06. The van der Waals surface area contributed by atoms with Crippen molar-refractivity contribution in [1.82, 2.24) is 0 Å². The number of anilines is 1. The predicted molar refractivity (Wildman–Crippen MR) is 42.1 cm³/mol. The molecule has 1 aromatic rings. The molecule has 0 aliphatic carbocycles. The van der Waals surface area contributed by atoms with Gasteiger partial charge < -0.3 is 9.73 Å². The smallest absolute Gasteiger partial charge is 0.123 e. The molecule has 10 heavy (non-hydrogen) atoms. The fourth-order valence-corrected chi connectivity index (χ4v) is 0.750. The van der Waals surface area contributed by atoms with Crippen molar-refractivity contribution in [2.45, 2.75) is 6.92 Å². The van der Waals surface area contributed by atoms with Crippen LogP contribution in [-0.2, 0) is 0 Å². The van der Waals surface area contributed by atoms with Crippen LogP contribution in [0.4, 0.5) is 5.69 Å². The molecule has 0 aliphatic heterocycles. The van der Waals surface area contributed by atoms with Gasteiger partial charge in [-0.05, 0) is 13.0 Å². The lowest BCUT2D eigenvalue weighted by atomic mass is 10.4. The van der Waals surface area contributed by atoms with E-state index in [1.54, 1.807) is 6.26 Å². The topological polar surface area (TPSA) is 25.2 Å². The molecule has 0 aliphatic rings. The van der Waals surface area contributed by atoms with Crippen molar-refractivity contribution in [1.29, 1.82) is 0 Å². The van der Waals surface area contributed by atoms with Gasteiger partial charge in [-0.25, -0.2) is 0 Å². The Bertz CT molecular complexity index is 215. The van der Waals surface area contributed by atoms with Gasteiger partial charge in [0.2, 0.25) is 0 Å². The number of aryl methyl sites for hydroxylation is 1. The Hall–Kier alpha value is -1.18. The molecule has 1 rings (SSSR count). The minimum absolute atomic E-state index is 0.778. The monoisotopic (exact) mass is 137 g/mol. The summed E-state index contributed by atoms with van der Waals surface area (Å²) in [5, 5.41) is 3.13. The van der Waals surface area contributed by atoms with Crippen molar-refractivity contribution in [2.75, 3.05) is 11.9 Å². The van der Waals surface area contributed by atoms with Gasteiger partial charge in [0.25, 0.3) is 0 Å². The third-order valence-corrected chi connectivity index (χ3v) is 1.30. The summed E-state index contributed by atoms with van der Waals surface area (Å²) in [7, 11) is 0. The maximum Gasteiger partial charge on any atom is 0.123 e. The second-order valence-electron chi connectivity index (χ2n) is 2.06. The van der Waals surface area contributed by atoms with Gasteiger partial charge in [-0.3, -0.25) is 0 Å². The first-order valence-electron chi connectivity index (χ1n) is 3.23. The lowest BCUT2D eigenvalue weighted by Crippen LogP contribution is -1.96. The highest BCUT2D eigenvalue weighted by molar-refractivity contribution is 5.45. The summed E-state index contributed by atoms with van der Waals surface area (Å²) in [4.78, 5) is 0. The van der Waals surface area contributed by atoms with Crippen molar-refractivity contribution >= 4 is 5.69 Å². The van der Waals surface area contributed by atoms with E-state index in [1.165, 1.54) is 0 Å². The molecule has 0 fully saturated rings. The largest absolute Gasteiger partial charge is 0.467 e. The fraction of sp³-hybridized carbons (Fsp3) is 0.250. The summed E-state index contributed by atoms with van der Waals surface area (Å²) in [5.74, 6) is 0.918. The summed E-state index contributed by atoms with van der Waals surface area (Å²) in [5.41, 5.74) is 1.04. The minimum atomic E-state index is 0.778. The van der Waals surface area contributed by atoms with Gasteiger partial charge in [-0.2, -0.15) is 0 Å². The lowest BCUT2D eigenvalue weighted by molar-refractivity contribution is 0.535. The third kappa shape index (κ3) is 1.41. The number of hydrogen-bond acceptors (Lipinski definition) is 2. The summed E-state index contributed by atoms with van der Waals surface area (Å²) in [6.07, 6.45) is 3.48. The Labute approximate surface area is 60.5 Å². The van der Waals surface area contributed by atoms with Crippen LogP contribution >= 0.6 is 0 Å². The normalized spacial score (nSPS) is 9.30. The van der Waals surface area contributed by atoms with Crippen molar-refractivity contribution in [3.05, 3.63) is 30.7 Å². The highest BCUT2D eigenvalue weighted by Crippen LogP contribution is 2.13. The second-order valence-corrected chi connectivity index (χ2v) is 2.06. The first kappa shape index (κ1) is 6.93. The Morgan fingerprint density at radius 3 is 3.10 bits per heavy atom. The van der Waals surface area contributed by atoms with Crippen LogP contribution in [0.25, 0.3) is 0 Å². The molecule has 2 heteroatoms. The zero-order valence-corrected chi connectivity index (χ0v) is 6.05. The quantitative estimate of drug-likeness (QED) is 0.646. The molecule has 0 aromatic carbocycles. The average molecular weight is 137 g/mol. The van der Waals surface area contributed by atoms with Gasteiger partial charge in [-0.15, -0.1) is 6.58 Å². The minimum Gasteiger partial charge on any atom is -0.467 e. The number of nitrogens with one attached hydrogen (secondary N) is 1. The molecule has 0 amide bonds. The van der Waals surface area contributed by atoms with Crippen LogP contribution in [0.15, 0.2) is 29.4 Å². The highest BCUT2D eigenvalue weighted by Gasteiger charge is 1.96. The standard InChI is InChI=1S/C8H11NO/c1-3-5-9-8-4-6-10-7(8)2/h3-4,6,9H,1,5H2,2H3. The molecule has 1 N–H and O–H groups in total. The van der Waals surface area contributed by atoms with Crippen LogP contribution < -0.4 is 5.32 Å². The van der Waals surface area contributed by atoms with Gasteiger partial charge >= 0.3 is 0 Å². The summed E-state index contributed by atoms with van der Waals surface area (Å²) in [6, 6.07) is 1.90. The molecule has 0 saturated carbocycles. The van der Waals surface area contributed by atoms with Gasteiger partial charge in [-0.1, -0.05) is 6.08 Å². The van der Waals surface area contributed by atoms with E-state index >= 15 is 0 Å². The third-order valence-electron chi connectivity index (χ3n) is 1.30. The fourth-order valence-electron chi connectivity index (χ4n) is 0.750. The summed E-state index contributed by atoms with van der Waals surface area (Å²) >= 11 is 0. The summed E-state index contributed by atoms with van der Waals surface area (Å²) in [6.45, 7) is 6.30. The van der Waals surface area contributed by atoms with Crippen LogP contribution in [0.1, 0.15) is 5.76 Å². The van der Waals surface area contributed by atoms with E-state index < -0.39 is 0 Å². The Morgan fingerprint density at radius 2 is 2.60 bits per heavy atom. The number of rotatable bonds is 3. The number of hydrogen-bond donors (Lipinski definition) is 1. The van der Waals surface area contributed by atoms with Gasteiger partial charge in [0, 0.05) is 6.54 Å². The second kappa shape index (κ2) is 3.11. The van der Waals surface area contributed by atoms with Gasteiger partial charge in [0.15, 0.2) is 0 Å². The first-order valence-corrected chi connectivity index (χ1v) is 3.23. The van der Waals surface area contributed by atoms with Crippen LogP contribution in [0.2, 0.25) is 0 Å². The molecule has 2 nitrogen and oxygen atoms in total. The Morgan fingerprint density at radius 1 is 1.80 bits per heavy atom. The molecule has 0 unspecified atom stereocenters. The predicted octanol–water partition coefficient (Wildman–Crippen LogP) is 2.19. The van der Waals surface area contributed by atoms with E-state index in [2.05, 4.69) is 11.9 Å². The van der Waals surface area contributed by atoms with Crippen molar-refractivity contribution in [3.8, 4) is 0 Å². The molecule has 0 atom stereocenters. The van der Waals surface area contributed by atoms with E-state index in [0.29, 0.717) is 0 Å². The molecule has 0 bridgehead atoms. The zero-order valence-electron chi connectivity index (χ0n) is 6.05. The zero-order chi connectivity index (χ0) is 7.40. The van der Waals surface area contributed by atoms with Crippen LogP contribution in [0.5, 0.6) is 0 Å². The molecule has 1 aromatic heterocycles. The molecule has 0 radical (unpaired) electrons. The van der Waals surface area contributed by atoms with Gasteiger partial charge in [0.1, 0.15) is 5.76 Å². The number of furan rings is 1. The van der Waals surface area contributed by atoms with Gasteiger partial charge in [0.05, 0.1) is 12.0 Å². The van der Waals surface area contributed by atoms with Crippen molar-refractivity contribution in [3.63, 3.8) is 0 Å². The first-order chi connectivity index (χ1) is 4.84. The maximum atomic E-state index is 5.06. The molecule has 1 heterocycles. The van der Waals surface area contributed by atoms with E-state index in [1.807, 2.05) is 19.1 Å². The van der Waals surface area contributed by atoms with Crippen molar-refractivity contribution in [2.24, 2.45) is 0 Å². The van der Waals surface area contributed by atoms with E-state index in [-0.39, 0.29) is 0 Å². The average Bonchev–Trinajstić information content (AvgIpc) is 2.31. The van der Waals surface area contributed by atoms with Crippen LogP contribution in [0.3, 0.4) is 0 Å². The molecule has 54 valence electrons. The lowest BCUT2D eigenvalue weighted by Gasteiger charge is -1.97. The molecule has 0 saturated heterocycles. The van der Waals surface area contributed by atoms with Crippen LogP contribution in [0, 0.1) is 6.92 Å². The van der Waals surface area contributed by atoms with E-state index in [9.17, 15) is 0 Å². The Balaban J connectivity index is 2.56. The SMILES string of the molecule is C=CCNc1ccoc1C. The van der Waals surface area contributed by atoms with E-state index in [0.717, 1.165) is 18.0 Å². The van der Waals surface area contributed by atoms with Crippen LogP contribution in [-0.4, -0.2) is 6.54 Å². The molecular weight excluding hydrogens is 126 g/mol. The Kier molecular flexibility index (Phi) is 2.15. The molecular formula is C8H11NO. The summed E-state index contributed by atoms with van der Waals surface area (Å²) < 4.78 is 5.06. The van der Waals surface area contributed by atoms with E-state index in [4.69, 9.17) is 4.42 Å².